The Bertz CT molecular complexity index is 922. The lowest BCUT2D eigenvalue weighted by Gasteiger charge is -2.43. The van der Waals surface area contributed by atoms with Crippen molar-refractivity contribution in [2.45, 2.75) is 18.9 Å². The van der Waals surface area contributed by atoms with Gasteiger partial charge in [-0.1, -0.05) is 6.07 Å². The SMILES string of the molecule is COc1ccc(C[C@H]2c3cc4c(cc3CC[N+]2(C)C)OCO4)cc1OC.[O-][Cl+3]([O-])([O-])[O-]. The molecule has 2 aromatic carbocycles. The lowest BCUT2D eigenvalue weighted by Crippen LogP contribution is -2.68. The molecule has 10 heteroatoms. The van der Waals surface area contributed by atoms with E-state index in [0.29, 0.717) is 12.8 Å². The zero-order valence-electron chi connectivity index (χ0n) is 17.9. The van der Waals surface area contributed by atoms with Crippen molar-refractivity contribution in [1.82, 2.24) is 0 Å². The van der Waals surface area contributed by atoms with E-state index in [-0.39, 0.29) is 0 Å². The second-order valence-corrected chi connectivity index (χ2v) is 8.70. The van der Waals surface area contributed by atoms with E-state index in [9.17, 15) is 0 Å². The Morgan fingerprint density at radius 2 is 1.58 bits per heavy atom. The van der Waals surface area contributed by atoms with Gasteiger partial charge in [-0.15, -0.1) is 10.2 Å². The predicted octanol–water partition coefficient (Wildman–Crippen LogP) is -1.41. The Labute approximate surface area is 183 Å². The highest BCUT2D eigenvalue weighted by molar-refractivity contribution is 5.50. The Kier molecular flexibility index (Phi) is 6.85. The van der Waals surface area contributed by atoms with Crippen LogP contribution in [0, 0.1) is 10.2 Å². The van der Waals surface area contributed by atoms with Gasteiger partial charge in [0, 0.05) is 18.4 Å². The molecule has 4 rings (SSSR count). The summed E-state index contributed by atoms with van der Waals surface area (Å²) < 4.78 is 57.0. The van der Waals surface area contributed by atoms with E-state index in [0.717, 1.165) is 46.9 Å². The summed E-state index contributed by atoms with van der Waals surface area (Å²) >= 11 is 0. The zero-order chi connectivity index (χ0) is 22.8. The first kappa shape index (κ1) is 23.4. The minimum absolute atomic E-state index is 0.316. The van der Waals surface area contributed by atoms with Crippen LogP contribution >= 0.6 is 0 Å². The molecule has 0 amide bonds. The van der Waals surface area contributed by atoms with Crippen LogP contribution in [0.1, 0.15) is 22.7 Å². The van der Waals surface area contributed by atoms with E-state index in [1.165, 1.54) is 16.7 Å². The summed E-state index contributed by atoms with van der Waals surface area (Å²) in [6.07, 6.45) is 1.99. The van der Waals surface area contributed by atoms with E-state index in [1.54, 1.807) is 14.2 Å². The van der Waals surface area contributed by atoms with Crippen molar-refractivity contribution in [1.29, 1.82) is 0 Å². The molecule has 0 fully saturated rings. The third-order valence-electron chi connectivity index (χ3n) is 5.67. The molecule has 2 aromatic rings. The van der Waals surface area contributed by atoms with Crippen LogP contribution in [0.25, 0.3) is 0 Å². The Hall–Kier alpha value is -2.27. The number of ether oxygens (including phenoxy) is 4. The molecule has 31 heavy (non-hydrogen) atoms. The van der Waals surface area contributed by atoms with Gasteiger partial charge in [0.2, 0.25) is 6.79 Å². The van der Waals surface area contributed by atoms with Gasteiger partial charge in [0.25, 0.3) is 0 Å². The molecule has 9 nitrogen and oxygen atoms in total. The highest BCUT2D eigenvalue weighted by Crippen LogP contribution is 2.43. The van der Waals surface area contributed by atoms with E-state index in [2.05, 4.69) is 38.4 Å². The maximum atomic E-state index is 8.49. The summed E-state index contributed by atoms with van der Waals surface area (Å²) in [7, 11) is 3.01. The number of quaternary nitrogens is 1. The number of likely N-dealkylation sites (N-methyl/N-ethyl adjacent to an activating group) is 1. The van der Waals surface area contributed by atoms with E-state index < -0.39 is 10.2 Å². The normalized spacial score (nSPS) is 18.5. The van der Waals surface area contributed by atoms with E-state index in [4.69, 9.17) is 37.6 Å². The van der Waals surface area contributed by atoms with Crippen LogP contribution in [-0.4, -0.2) is 46.1 Å². The first-order valence-corrected chi connectivity index (χ1v) is 10.8. The summed E-state index contributed by atoms with van der Waals surface area (Å²) in [4.78, 5) is 0. The number of methoxy groups -OCH3 is 2. The Morgan fingerprint density at radius 1 is 0.968 bits per heavy atom. The number of nitrogens with zero attached hydrogens (tertiary/aromatic N) is 1. The summed E-state index contributed by atoms with van der Waals surface area (Å²) in [6, 6.07) is 10.9. The molecule has 2 aliphatic heterocycles. The van der Waals surface area contributed by atoms with Gasteiger partial charge in [-0.3, -0.25) is 0 Å². The molecule has 0 radical (unpaired) electrons. The smallest absolute Gasteiger partial charge is 0.231 e. The summed E-state index contributed by atoms with van der Waals surface area (Å²) in [6.45, 7) is 1.42. The third-order valence-corrected chi connectivity index (χ3v) is 5.67. The van der Waals surface area contributed by atoms with Crippen molar-refractivity contribution in [3.05, 3.63) is 47.0 Å². The fourth-order valence-corrected chi connectivity index (χ4v) is 4.06. The van der Waals surface area contributed by atoms with Crippen LogP contribution in [0.4, 0.5) is 0 Å². The van der Waals surface area contributed by atoms with E-state index >= 15 is 0 Å². The van der Waals surface area contributed by atoms with Crippen LogP contribution in [-0.2, 0) is 12.8 Å². The molecule has 0 bridgehead atoms. The highest BCUT2D eigenvalue weighted by atomic mass is 35.7. The zero-order valence-corrected chi connectivity index (χ0v) is 18.6. The number of rotatable bonds is 4. The second-order valence-electron chi connectivity index (χ2n) is 7.94. The van der Waals surface area contributed by atoms with Gasteiger partial charge in [-0.25, -0.2) is 18.6 Å². The average molecular weight is 456 g/mol. The molecule has 0 aromatic heterocycles. The summed E-state index contributed by atoms with van der Waals surface area (Å²) in [5, 5.41) is 0. The topological polar surface area (TPSA) is 129 Å². The van der Waals surface area contributed by atoms with Crippen molar-refractivity contribution in [2.75, 3.05) is 41.7 Å². The Balaban J connectivity index is 0.000000491. The lowest BCUT2D eigenvalue weighted by atomic mass is 9.87. The van der Waals surface area contributed by atoms with Crippen LogP contribution in [0.5, 0.6) is 23.0 Å². The van der Waals surface area contributed by atoms with Crippen LogP contribution < -0.4 is 37.6 Å². The monoisotopic (exact) mass is 455 g/mol. The van der Waals surface area contributed by atoms with Gasteiger partial charge in [0.1, 0.15) is 6.04 Å². The summed E-state index contributed by atoms with van der Waals surface area (Å²) in [5.74, 6) is 3.28. The largest absolute Gasteiger partial charge is 0.493 e. The molecule has 1 atom stereocenters. The quantitative estimate of drug-likeness (QED) is 0.514. The number of hydrogen-bond donors (Lipinski definition) is 0. The fraction of sp³-hybridized carbons (Fsp3) is 0.429. The highest BCUT2D eigenvalue weighted by Gasteiger charge is 2.37. The molecule has 0 saturated carbocycles. The summed E-state index contributed by atoms with van der Waals surface area (Å²) in [5.41, 5.74) is 3.97. The molecule has 0 N–H and O–H groups in total. The van der Waals surface area contributed by atoms with Crippen molar-refractivity contribution in [3.63, 3.8) is 0 Å². The standard InChI is InChI=1S/C21H26NO4.ClHO4/c1-22(2)8-7-15-11-20-21(26-13-25-20)12-16(15)17(22)9-14-5-6-18(23-3)19(10-14)24-4;2-1(3,4)5/h5-6,10-12,17H,7-9,13H2,1-4H3;(H,2,3,4,5)/q+1;/p-1/t17-;/m0./s1. The second kappa shape index (κ2) is 9.07. The van der Waals surface area contributed by atoms with Gasteiger partial charge in [0.05, 0.1) is 34.9 Å². The van der Waals surface area contributed by atoms with E-state index in [1.807, 2.05) is 6.07 Å². The van der Waals surface area contributed by atoms with Crippen molar-refractivity contribution < 1.29 is 52.3 Å². The van der Waals surface area contributed by atoms with Gasteiger partial charge >= 0.3 is 0 Å². The molecule has 0 aliphatic carbocycles. The van der Waals surface area contributed by atoms with Crippen molar-refractivity contribution >= 4 is 0 Å². The first-order valence-electron chi connectivity index (χ1n) is 9.59. The molecule has 0 unspecified atom stereocenters. The number of halogens is 1. The molecular weight excluding hydrogens is 430 g/mol. The van der Waals surface area contributed by atoms with Crippen molar-refractivity contribution in [3.8, 4) is 23.0 Å². The van der Waals surface area contributed by atoms with Crippen LogP contribution in [0.2, 0.25) is 0 Å². The van der Waals surface area contributed by atoms with Crippen LogP contribution in [0.3, 0.4) is 0 Å². The molecule has 170 valence electrons. The molecule has 0 spiro atoms. The minimum atomic E-state index is -4.94. The van der Waals surface area contributed by atoms with Gasteiger partial charge < -0.3 is 23.4 Å². The molecular formula is C21H26ClNO8. The fourth-order valence-electron chi connectivity index (χ4n) is 4.06. The van der Waals surface area contributed by atoms with Gasteiger partial charge in [-0.2, -0.15) is 0 Å². The average Bonchev–Trinajstić information content (AvgIpc) is 3.15. The first-order chi connectivity index (χ1) is 14.5. The Morgan fingerprint density at radius 3 is 2.19 bits per heavy atom. The number of hydrogen-bond acceptors (Lipinski definition) is 8. The molecule has 0 saturated heterocycles. The van der Waals surface area contributed by atoms with Gasteiger partial charge in [-0.05, 0) is 35.4 Å². The number of fused-ring (bicyclic) bond motifs is 2. The lowest BCUT2D eigenvalue weighted by molar-refractivity contribution is -2.00. The van der Waals surface area contributed by atoms with Crippen molar-refractivity contribution in [2.24, 2.45) is 0 Å². The predicted molar refractivity (Wildman–Crippen MR) is 99.2 cm³/mol. The maximum Gasteiger partial charge on any atom is 0.231 e. The molecule has 2 aliphatic rings. The number of benzene rings is 2. The third kappa shape index (κ3) is 5.70. The molecule has 2 heterocycles. The maximum absolute atomic E-state index is 8.49. The minimum Gasteiger partial charge on any atom is -0.493 e. The van der Waals surface area contributed by atoms with Gasteiger partial charge in [0.15, 0.2) is 23.0 Å². The van der Waals surface area contributed by atoms with Crippen LogP contribution in [0.15, 0.2) is 30.3 Å².